The summed E-state index contributed by atoms with van der Waals surface area (Å²) in [5, 5.41) is 11.6. The second-order valence-electron chi connectivity index (χ2n) is 8.76. The number of anilines is 1. The van der Waals surface area contributed by atoms with Gasteiger partial charge in [0.2, 0.25) is 17.7 Å². The van der Waals surface area contributed by atoms with Gasteiger partial charge in [0.05, 0.1) is 11.8 Å². The average Bonchev–Trinajstić information content (AvgIpc) is 3.21. The lowest BCUT2D eigenvalue weighted by molar-refractivity contribution is -0.140. The number of amides is 3. The predicted molar refractivity (Wildman–Crippen MR) is 118 cm³/mol. The molecule has 0 saturated carbocycles. The molecule has 2 unspecified atom stereocenters. The molecule has 0 radical (unpaired) electrons. The first-order valence-corrected chi connectivity index (χ1v) is 11.4. The van der Waals surface area contributed by atoms with Gasteiger partial charge >= 0.3 is 0 Å². The molecule has 0 bridgehead atoms. The van der Waals surface area contributed by atoms with Crippen LogP contribution in [0, 0.1) is 11.8 Å². The molecule has 1 aromatic carbocycles. The number of nitrogens with one attached hydrogen (secondary N) is 1. The van der Waals surface area contributed by atoms with Crippen molar-refractivity contribution in [1.82, 2.24) is 19.7 Å². The van der Waals surface area contributed by atoms with Crippen LogP contribution in [0.4, 0.5) is 5.69 Å². The van der Waals surface area contributed by atoms with Gasteiger partial charge in [-0.15, -0.1) is 10.2 Å². The number of carbonyl (C=O) groups is 3. The van der Waals surface area contributed by atoms with E-state index in [9.17, 15) is 14.4 Å². The summed E-state index contributed by atoms with van der Waals surface area (Å²) >= 11 is 0. The summed E-state index contributed by atoms with van der Waals surface area (Å²) < 4.78 is 2.19. The first-order valence-electron chi connectivity index (χ1n) is 11.4. The van der Waals surface area contributed by atoms with E-state index in [1.165, 1.54) is 11.3 Å². The highest BCUT2D eigenvalue weighted by Gasteiger charge is 2.46. The van der Waals surface area contributed by atoms with Gasteiger partial charge in [0.15, 0.2) is 5.82 Å². The molecule has 5 rings (SSSR count). The highest BCUT2D eigenvalue weighted by molar-refractivity contribution is 6.05. The number of rotatable bonds is 5. The van der Waals surface area contributed by atoms with Gasteiger partial charge in [0.25, 0.3) is 0 Å². The Kier molecular flexibility index (Phi) is 5.59. The van der Waals surface area contributed by atoms with E-state index in [2.05, 4.69) is 20.1 Å². The lowest BCUT2D eigenvalue weighted by Crippen LogP contribution is -2.34. The van der Waals surface area contributed by atoms with Gasteiger partial charge in [-0.2, -0.15) is 0 Å². The number of fused-ring (bicyclic) bond motifs is 2. The van der Waals surface area contributed by atoms with Crippen molar-refractivity contribution in [2.75, 3.05) is 11.9 Å². The van der Waals surface area contributed by atoms with Gasteiger partial charge in [-0.1, -0.05) is 18.6 Å². The van der Waals surface area contributed by atoms with Crippen LogP contribution in [0.2, 0.25) is 0 Å². The zero-order valence-electron chi connectivity index (χ0n) is 18.0. The van der Waals surface area contributed by atoms with Crippen LogP contribution in [-0.4, -0.2) is 43.9 Å². The van der Waals surface area contributed by atoms with Crippen LogP contribution in [0.5, 0.6) is 0 Å². The fraction of sp³-hybridized carbons (Fsp3) is 0.458. The van der Waals surface area contributed by atoms with Crippen molar-refractivity contribution in [3.63, 3.8) is 0 Å². The van der Waals surface area contributed by atoms with Gasteiger partial charge in [-0.25, -0.2) is 0 Å². The van der Waals surface area contributed by atoms with Crippen molar-refractivity contribution < 1.29 is 14.4 Å². The summed E-state index contributed by atoms with van der Waals surface area (Å²) in [7, 11) is 0. The van der Waals surface area contributed by atoms with Crippen LogP contribution in [-0.2, 0) is 27.3 Å². The van der Waals surface area contributed by atoms with E-state index in [0.717, 1.165) is 43.0 Å². The summed E-state index contributed by atoms with van der Waals surface area (Å²) in [6, 6.07) is 7.56. The van der Waals surface area contributed by atoms with Crippen LogP contribution >= 0.6 is 0 Å². The molecule has 3 heterocycles. The van der Waals surface area contributed by atoms with Crippen molar-refractivity contribution in [2.24, 2.45) is 11.8 Å². The van der Waals surface area contributed by atoms with Gasteiger partial charge in [-0.3, -0.25) is 19.3 Å². The maximum absolute atomic E-state index is 12.5. The zero-order valence-corrected chi connectivity index (χ0v) is 18.0. The maximum atomic E-state index is 12.5. The van der Waals surface area contributed by atoms with E-state index in [1.807, 2.05) is 36.4 Å². The number of aryl methyl sites for hydroxylation is 1. The van der Waals surface area contributed by atoms with Gasteiger partial charge in [-0.05, 0) is 49.9 Å². The predicted octanol–water partition coefficient (Wildman–Crippen LogP) is 2.95. The van der Waals surface area contributed by atoms with Gasteiger partial charge in [0.1, 0.15) is 5.82 Å². The average molecular weight is 434 g/mol. The summed E-state index contributed by atoms with van der Waals surface area (Å²) in [6.45, 7) is 1.06. The molecule has 8 heteroatoms. The molecule has 1 fully saturated rings. The first-order chi connectivity index (χ1) is 15.6. The largest absolute Gasteiger partial charge is 0.326 e. The Morgan fingerprint density at radius 2 is 1.69 bits per heavy atom. The minimum absolute atomic E-state index is 0.0871. The molecule has 1 aliphatic carbocycles. The first kappa shape index (κ1) is 20.6. The van der Waals surface area contributed by atoms with Crippen LogP contribution in [0.3, 0.4) is 0 Å². The van der Waals surface area contributed by atoms with E-state index in [4.69, 9.17) is 0 Å². The smallest absolute Gasteiger partial charge is 0.233 e. The fourth-order valence-electron chi connectivity index (χ4n) is 4.93. The third-order valence-electron chi connectivity index (χ3n) is 6.70. The maximum Gasteiger partial charge on any atom is 0.233 e. The second kappa shape index (κ2) is 8.68. The highest BCUT2D eigenvalue weighted by Crippen LogP contribution is 2.35. The molecular formula is C24H27N5O3. The molecule has 8 nitrogen and oxygen atoms in total. The van der Waals surface area contributed by atoms with E-state index in [1.54, 1.807) is 0 Å². The standard InChI is InChI=1S/C24H27N5O3/c30-21(13-15-29-23(31)18-6-3-4-7-19(18)24(29)32)25-17-11-9-16(10-12-17)22-27-26-20-8-2-1-5-14-28(20)22/h3-4,9-12,18-19H,1-2,5-8,13-15H2,(H,25,30). The number of aromatic nitrogens is 3. The number of allylic oxidation sites excluding steroid dienone is 2. The highest BCUT2D eigenvalue weighted by atomic mass is 16.2. The van der Waals surface area contributed by atoms with Crippen molar-refractivity contribution in [3.05, 3.63) is 42.2 Å². The van der Waals surface area contributed by atoms with Gasteiger partial charge in [0, 0.05) is 37.2 Å². The molecule has 1 aromatic heterocycles. The SMILES string of the molecule is O=C(CCN1C(=O)C2CC=CCC2C1=O)Nc1ccc(-c2nnc3n2CCCCC3)cc1. The Labute approximate surface area is 186 Å². The van der Waals surface area contributed by atoms with E-state index in [0.29, 0.717) is 18.5 Å². The van der Waals surface area contributed by atoms with Crippen LogP contribution in [0.15, 0.2) is 36.4 Å². The third-order valence-corrected chi connectivity index (χ3v) is 6.70. The quantitative estimate of drug-likeness (QED) is 0.578. The number of hydrogen-bond acceptors (Lipinski definition) is 5. The van der Waals surface area contributed by atoms with E-state index < -0.39 is 0 Å². The van der Waals surface area contributed by atoms with Crippen molar-refractivity contribution in [2.45, 2.75) is 51.5 Å². The van der Waals surface area contributed by atoms with Crippen LogP contribution < -0.4 is 5.32 Å². The van der Waals surface area contributed by atoms with Crippen molar-refractivity contribution >= 4 is 23.4 Å². The summed E-state index contributed by atoms with van der Waals surface area (Å²) in [5.74, 6) is 0.884. The second-order valence-corrected chi connectivity index (χ2v) is 8.76. The zero-order chi connectivity index (χ0) is 22.1. The van der Waals surface area contributed by atoms with Gasteiger partial charge < -0.3 is 9.88 Å². The molecule has 1 N–H and O–H groups in total. The Hall–Kier alpha value is -3.29. The number of benzene rings is 1. The van der Waals surface area contributed by atoms with Crippen molar-refractivity contribution in [1.29, 1.82) is 0 Å². The number of carbonyl (C=O) groups excluding carboxylic acids is 3. The molecule has 0 spiro atoms. The molecular weight excluding hydrogens is 406 g/mol. The van der Waals surface area contributed by atoms with Crippen LogP contribution in [0.25, 0.3) is 11.4 Å². The topological polar surface area (TPSA) is 97.2 Å². The fourth-order valence-corrected chi connectivity index (χ4v) is 4.93. The molecule has 1 saturated heterocycles. The lowest BCUT2D eigenvalue weighted by Gasteiger charge is -2.14. The van der Waals surface area contributed by atoms with Crippen LogP contribution in [0.1, 0.15) is 44.3 Å². The molecule has 32 heavy (non-hydrogen) atoms. The molecule has 2 aliphatic heterocycles. The molecule has 3 amide bonds. The number of nitrogens with zero attached hydrogens (tertiary/aromatic N) is 4. The molecule has 2 aromatic rings. The Balaban J connectivity index is 1.18. The summed E-state index contributed by atoms with van der Waals surface area (Å²) in [4.78, 5) is 38.7. The molecule has 2 atom stereocenters. The molecule has 166 valence electrons. The van der Waals surface area contributed by atoms with Crippen molar-refractivity contribution in [3.8, 4) is 11.4 Å². The Morgan fingerprint density at radius 1 is 0.969 bits per heavy atom. The number of imide groups is 1. The lowest BCUT2D eigenvalue weighted by atomic mass is 9.85. The number of likely N-dealkylation sites (tertiary alicyclic amines) is 1. The third kappa shape index (κ3) is 3.85. The normalized spacial score (nSPS) is 22.4. The molecule has 3 aliphatic rings. The van der Waals surface area contributed by atoms with E-state index in [-0.39, 0.29) is 42.5 Å². The minimum Gasteiger partial charge on any atom is -0.326 e. The summed E-state index contributed by atoms with van der Waals surface area (Å²) in [5.41, 5.74) is 1.64. The van der Waals surface area contributed by atoms with E-state index >= 15 is 0 Å². The monoisotopic (exact) mass is 433 g/mol. The minimum atomic E-state index is -0.254. The Bertz CT molecular complexity index is 1050. The summed E-state index contributed by atoms with van der Waals surface area (Å²) in [6.07, 6.45) is 9.68. The number of hydrogen-bond donors (Lipinski definition) is 1. The Morgan fingerprint density at radius 3 is 2.41 bits per heavy atom.